The normalized spacial score (nSPS) is 32.1. The van der Waals surface area contributed by atoms with E-state index >= 15 is 0 Å². The first-order valence-electron chi connectivity index (χ1n) is 8.07. The zero-order valence-corrected chi connectivity index (χ0v) is 13.6. The van der Waals surface area contributed by atoms with E-state index in [4.69, 9.17) is 0 Å². The van der Waals surface area contributed by atoms with Gasteiger partial charge in [0.1, 0.15) is 0 Å². The van der Waals surface area contributed by atoms with E-state index in [2.05, 4.69) is 49.9 Å². The minimum Gasteiger partial charge on any atom is -0.315 e. The van der Waals surface area contributed by atoms with Gasteiger partial charge in [0.2, 0.25) is 0 Å². The van der Waals surface area contributed by atoms with Crippen molar-refractivity contribution < 1.29 is 0 Å². The largest absolute Gasteiger partial charge is 0.315 e. The summed E-state index contributed by atoms with van der Waals surface area (Å²) in [4.78, 5) is 5.45. The zero-order valence-electron chi connectivity index (χ0n) is 13.6. The first kappa shape index (κ1) is 15.3. The highest BCUT2D eigenvalue weighted by molar-refractivity contribution is 4.92. The molecule has 2 rings (SSSR count). The molecule has 19 heavy (non-hydrogen) atoms. The fourth-order valence-electron chi connectivity index (χ4n) is 3.70. The van der Waals surface area contributed by atoms with E-state index in [0.717, 1.165) is 6.04 Å². The van der Waals surface area contributed by atoms with Crippen molar-refractivity contribution in [2.75, 3.05) is 33.2 Å². The van der Waals surface area contributed by atoms with Crippen LogP contribution < -0.4 is 5.32 Å². The summed E-state index contributed by atoms with van der Waals surface area (Å²) >= 11 is 0. The van der Waals surface area contributed by atoms with Crippen molar-refractivity contribution in [3.8, 4) is 0 Å². The summed E-state index contributed by atoms with van der Waals surface area (Å²) in [7, 11) is 2.11. The molecular weight excluding hydrogens is 234 g/mol. The topological polar surface area (TPSA) is 18.5 Å². The van der Waals surface area contributed by atoms with Gasteiger partial charge in [-0.15, -0.1) is 0 Å². The number of likely N-dealkylation sites (N-methyl/N-ethyl adjacent to an activating group) is 1. The Hall–Kier alpha value is -0.120. The van der Waals surface area contributed by atoms with E-state index in [1.165, 1.54) is 45.4 Å². The Bertz CT molecular complexity index is 284. The predicted molar refractivity (Wildman–Crippen MR) is 82.5 cm³/mol. The first-order valence-corrected chi connectivity index (χ1v) is 8.07. The lowest BCUT2D eigenvalue weighted by Gasteiger charge is -2.49. The summed E-state index contributed by atoms with van der Waals surface area (Å²) in [6, 6.07) is 2.10. The molecule has 0 aromatic heterocycles. The number of hydrogen-bond acceptors (Lipinski definition) is 3. The molecule has 112 valence electrons. The SMILES string of the molecule is CNC(CN1CC2CCCCN2CC1C)C(C)(C)C. The molecule has 3 heteroatoms. The molecule has 0 spiro atoms. The van der Waals surface area contributed by atoms with Crippen LogP contribution in [0.15, 0.2) is 0 Å². The Labute approximate surface area is 119 Å². The molecule has 0 aliphatic carbocycles. The van der Waals surface area contributed by atoms with Crippen LogP contribution in [-0.4, -0.2) is 61.2 Å². The molecule has 3 nitrogen and oxygen atoms in total. The molecule has 2 aliphatic rings. The summed E-state index contributed by atoms with van der Waals surface area (Å²) in [6.45, 7) is 14.5. The van der Waals surface area contributed by atoms with Crippen LogP contribution in [0.5, 0.6) is 0 Å². The van der Waals surface area contributed by atoms with Gasteiger partial charge in [-0.3, -0.25) is 9.80 Å². The van der Waals surface area contributed by atoms with Gasteiger partial charge in [0.25, 0.3) is 0 Å². The van der Waals surface area contributed by atoms with Crippen molar-refractivity contribution in [2.24, 2.45) is 5.41 Å². The third-order valence-electron chi connectivity index (χ3n) is 5.13. The second kappa shape index (κ2) is 6.11. The molecule has 3 atom stereocenters. The van der Waals surface area contributed by atoms with E-state index < -0.39 is 0 Å². The second-order valence-corrected chi connectivity index (χ2v) is 7.65. The highest BCUT2D eigenvalue weighted by atomic mass is 15.3. The van der Waals surface area contributed by atoms with Crippen molar-refractivity contribution in [2.45, 2.75) is 65.1 Å². The lowest BCUT2D eigenvalue weighted by molar-refractivity contribution is 0.00440. The van der Waals surface area contributed by atoms with E-state index in [-0.39, 0.29) is 0 Å². The van der Waals surface area contributed by atoms with Crippen LogP contribution in [0, 0.1) is 5.41 Å². The van der Waals surface area contributed by atoms with Gasteiger partial charge in [-0.2, -0.15) is 0 Å². The summed E-state index contributed by atoms with van der Waals surface area (Å²) < 4.78 is 0. The molecule has 0 aromatic rings. The Morgan fingerprint density at radius 1 is 1.21 bits per heavy atom. The second-order valence-electron chi connectivity index (χ2n) is 7.65. The monoisotopic (exact) mass is 267 g/mol. The van der Waals surface area contributed by atoms with Gasteiger partial charge in [0.15, 0.2) is 0 Å². The lowest BCUT2D eigenvalue weighted by Crippen LogP contribution is -2.61. The summed E-state index contributed by atoms with van der Waals surface area (Å²) in [5.41, 5.74) is 0.332. The molecule has 0 radical (unpaired) electrons. The van der Waals surface area contributed by atoms with Crippen molar-refractivity contribution in [3.05, 3.63) is 0 Å². The molecular formula is C16H33N3. The molecule has 2 saturated heterocycles. The molecule has 0 bridgehead atoms. The van der Waals surface area contributed by atoms with Crippen molar-refractivity contribution in [1.82, 2.24) is 15.1 Å². The van der Waals surface area contributed by atoms with E-state index in [1.54, 1.807) is 0 Å². The van der Waals surface area contributed by atoms with Crippen molar-refractivity contribution >= 4 is 0 Å². The van der Waals surface area contributed by atoms with Crippen LogP contribution in [0.4, 0.5) is 0 Å². The number of nitrogens with one attached hydrogen (secondary N) is 1. The number of rotatable bonds is 3. The van der Waals surface area contributed by atoms with Gasteiger partial charge >= 0.3 is 0 Å². The van der Waals surface area contributed by atoms with Gasteiger partial charge in [0, 0.05) is 37.8 Å². The maximum Gasteiger partial charge on any atom is 0.0240 e. The third-order valence-corrected chi connectivity index (χ3v) is 5.13. The molecule has 2 fully saturated rings. The molecule has 1 N–H and O–H groups in total. The number of piperidine rings is 1. The Morgan fingerprint density at radius 3 is 2.58 bits per heavy atom. The highest BCUT2D eigenvalue weighted by Gasteiger charge is 2.35. The van der Waals surface area contributed by atoms with E-state index in [1.807, 2.05) is 0 Å². The van der Waals surface area contributed by atoms with Crippen molar-refractivity contribution in [1.29, 1.82) is 0 Å². The minimum absolute atomic E-state index is 0.332. The molecule has 3 unspecified atom stereocenters. The zero-order chi connectivity index (χ0) is 14.0. The summed E-state index contributed by atoms with van der Waals surface area (Å²) in [5, 5.41) is 3.53. The first-order chi connectivity index (χ1) is 8.91. The van der Waals surface area contributed by atoms with Crippen LogP contribution in [0.3, 0.4) is 0 Å². The average Bonchev–Trinajstić information content (AvgIpc) is 2.34. The number of fused-ring (bicyclic) bond motifs is 1. The average molecular weight is 267 g/mol. The standard InChI is InChI=1S/C16H33N3/c1-13-10-18-9-7-6-8-14(18)11-19(13)12-15(17-5)16(2,3)4/h13-15,17H,6-12H2,1-5H3. The Kier molecular flexibility index (Phi) is 4.91. The van der Waals surface area contributed by atoms with Gasteiger partial charge in [-0.1, -0.05) is 27.2 Å². The van der Waals surface area contributed by atoms with Gasteiger partial charge in [-0.25, -0.2) is 0 Å². The predicted octanol–water partition coefficient (Wildman–Crippen LogP) is 2.18. The summed E-state index contributed by atoms with van der Waals surface area (Å²) in [6.07, 6.45) is 4.24. The Balaban J connectivity index is 1.96. The quantitative estimate of drug-likeness (QED) is 0.845. The summed E-state index contributed by atoms with van der Waals surface area (Å²) in [5.74, 6) is 0. The molecule has 0 amide bonds. The van der Waals surface area contributed by atoms with E-state index in [0.29, 0.717) is 17.5 Å². The van der Waals surface area contributed by atoms with E-state index in [9.17, 15) is 0 Å². The van der Waals surface area contributed by atoms with Gasteiger partial charge < -0.3 is 5.32 Å². The van der Waals surface area contributed by atoms with Crippen LogP contribution in [0.25, 0.3) is 0 Å². The Morgan fingerprint density at radius 2 is 1.95 bits per heavy atom. The maximum absolute atomic E-state index is 3.53. The number of hydrogen-bond donors (Lipinski definition) is 1. The third kappa shape index (κ3) is 3.71. The minimum atomic E-state index is 0.332. The smallest absolute Gasteiger partial charge is 0.0240 e. The fourth-order valence-corrected chi connectivity index (χ4v) is 3.70. The number of piperazine rings is 1. The maximum atomic E-state index is 3.53. The van der Waals surface area contributed by atoms with Crippen LogP contribution in [0.2, 0.25) is 0 Å². The lowest BCUT2D eigenvalue weighted by atomic mass is 9.85. The molecule has 0 saturated carbocycles. The fraction of sp³-hybridized carbons (Fsp3) is 1.00. The van der Waals surface area contributed by atoms with Crippen LogP contribution in [0.1, 0.15) is 47.0 Å². The molecule has 0 aromatic carbocycles. The molecule has 2 heterocycles. The van der Waals surface area contributed by atoms with Gasteiger partial charge in [0.05, 0.1) is 0 Å². The number of nitrogens with zero attached hydrogens (tertiary/aromatic N) is 2. The van der Waals surface area contributed by atoms with Crippen molar-refractivity contribution in [3.63, 3.8) is 0 Å². The van der Waals surface area contributed by atoms with Crippen LogP contribution in [-0.2, 0) is 0 Å². The van der Waals surface area contributed by atoms with Gasteiger partial charge in [-0.05, 0) is 38.8 Å². The van der Waals surface area contributed by atoms with Crippen LogP contribution >= 0.6 is 0 Å². The molecule has 2 aliphatic heterocycles. The highest BCUT2D eigenvalue weighted by Crippen LogP contribution is 2.26.